The van der Waals surface area contributed by atoms with Crippen LogP contribution in [-0.2, 0) is 21.0 Å². The largest absolute Gasteiger partial charge is 0.477 e. The quantitative estimate of drug-likeness (QED) is 0.850. The predicted octanol–water partition coefficient (Wildman–Crippen LogP) is 0.331. The summed E-state index contributed by atoms with van der Waals surface area (Å²) in [6.45, 7) is 0.366. The van der Waals surface area contributed by atoms with Crippen LogP contribution in [0.25, 0.3) is 0 Å². The Morgan fingerprint density at radius 3 is 3.00 bits per heavy atom. The van der Waals surface area contributed by atoms with Gasteiger partial charge in [-0.1, -0.05) is 5.16 Å². The summed E-state index contributed by atoms with van der Waals surface area (Å²) in [5.74, 6) is -1.46. The number of likely N-dealkylation sites (N-methyl/N-ethyl adjacent to an activating group) is 1. The van der Waals surface area contributed by atoms with Crippen LogP contribution < -0.4 is 0 Å². The normalized spacial score (nSPS) is 18.1. The number of carbonyl (C=O) groups is 2. The summed E-state index contributed by atoms with van der Waals surface area (Å²) in [4.78, 5) is 32.9. The van der Waals surface area contributed by atoms with E-state index >= 15 is 0 Å². The molecule has 1 aromatic heterocycles. The summed E-state index contributed by atoms with van der Waals surface area (Å²) in [6.07, 6.45) is -0.852. The van der Waals surface area contributed by atoms with Gasteiger partial charge in [0.25, 0.3) is 5.91 Å². The molecule has 96 valence electrons. The lowest BCUT2D eigenvalue weighted by atomic mass is 10.1. The Balaban J connectivity index is 1.91. The molecule has 18 heavy (non-hydrogen) atoms. The number of thiazole rings is 1. The van der Waals surface area contributed by atoms with Crippen LogP contribution in [0.4, 0.5) is 0 Å². The van der Waals surface area contributed by atoms with Crippen molar-refractivity contribution in [3.63, 3.8) is 0 Å². The molecule has 7 nitrogen and oxygen atoms in total. The molecule has 1 aliphatic heterocycles. The summed E-state index contributed by atoms with van der Waals surface area (Å²) < 4.78 is 0. The minimum atomic E-state index is -1.16. The molecule has 1 unspecified atom stereocenters. The maximum Gasteiger partial charge on any atom is 0.353 e. The van der Waals surface area contributed by atoms with Crippen LogP contribution in [0, 0.1) is 0 Å². The molecule has 1 aromatic rings. The molecule has 1 atom stereocenters. The van der Waals surface area contributed by atoms with Crippen LogP contribution >= 0.6 is 11.3 Å². The molecule has 1 aliphatic rings. The van der Waals surface area contributed by atoms with Crippen molar-refractivity contribution in [2.24, 2.45) is 5.16 Å². The minimum absolute atomic E-state index is 0.00439. The summed E-state index contributed by atoms with van der Waals surface area (Å²) >= 11 is 1.45. The van der Waals surface area contributed by atoms with Gasteiger partial charge < -0.3 is 14.8 Å². The number of aliphatic carboxylic acids is 1. The van der Waals surface area contributed by atoms with Crippen molar-refractivity contribution < 1.29 is 19.5 Å². The SMILES string of the molecule is CN(Cc1cscn1)C(=O)C1CC(C(=O)O)=NO1. The number of carboxylic acid groups (broad SMARTS) is 1. The molecule has 0 saturated carbocycles. The van der Waals surface area contributed by atoms with Crippen molar-refractivity contribution in [2.75, 3.05) is 7.05 Å². The van der Waals surface area contributed by atoms with Gasteiger partial charge in [-0.2, -0.15) is 0 Å². The first-order valence-corrected chi connectivity index (χ1v) is 6.10. The maximum absolute atomic E-state index is 11.9. The first-order valence-electron chi connectivity index (χ1n) is 5.16. The molecular weight excluding hydrogens is 258 g/mol. The molecule has 2 heterocycles. The van der Waals surface area contributed by atoms with E-state index in [1.165, 1.54) is 16.2 Å². The van der Waals surface area contributed by atoms with Gasteiger partial charge in [0.05, 0.1) is 17.7 Å². The van der Waals surface area contributed by atoms with Gasteiger partial charge in [0.15, 0.2) is 5.71 Å². The maximum atomic E-state index is 11.9. The Labute approximate surface area is 107 Å². The highest BCUT2D eigenvalue weighted by Crippen LogP contribution is 2.14. The van der Waals surface area contributed by atoms with Crippen molar-refractivity contribution >= 4 is 28.9 Å². The number of aromatic nitrogens is 1. The zero-order chi connectivity index (χ0) is 13.1. The molecule has 0 aromatic carbocycles. The number of hydrogen-bond donors (Lipinski definition) is 1. The zero-order valence-corrected chi connectivity index (χ0v) is 10.4. The molecule has 0 spiro atoms. The average molecular weight is 269 g/mol. The molecule has 2 rings (SSSR count). The second-order valence-electron chi connectivity index (χ2n) is 3.82. The topological polar surface area (TPSA) is 92.1 Å². The second-order valence-corrected chi connectivity index (χ2v) is 4.53. The molecule has 0 fully saturated rings. The number of rotatable bonds is 4. The average Bonchev–Trinajstić information content (AvgIpc) is 2.98. The smallest absolute Gasteiger partial charge is 0.353 e. The van der Waals surface area contributed by atoms with Crippen LogP contribution in [0.3, 0.4) is 0 Å². The van der Waals surface area contributed by atoms with Gasteiger partial charge in [0, 0.05) is 18.8 Å². The highest BCUT2D eigenvalue weighted by Gasteiger charge is 2.33. The fourth-order valence-corrected chi connectivity index (χ4v) is 2.07. The van der Waals surface area contributed by atoms with E-state index in [4.69, 9.17) is 9.94 Å². The van der Waals surface area contributed by atoms with E-state index < -0.39 is 12.1 Å². The molecule has 0 bridgehead atoms. The molecule has 0 saturated heterocycles. The van der Waals surface area contributed by atoms with Crippen LogP contribution in [0.15, 0.2) is 16.0 Å². The zero-order valence-electron chi connectivity index (χ0n) is 9.57. The van der Waals surface area contributed by atoms with E-state index in [1.54, 1.807) is 12.6 Å². The Kier molecular flexibility index (Phi) is 3.56. The molecular formula is C10H11N3O4S. The van der Waals surface area contributed by atoms with E-state index in [0.717, 1.165) is 5.69 Å². The van der Waals surface area contributed by atoms with Gasteiger partial charge in [-0.3, -0.25) is 4.79 Å². The first-order chi connectivity index (χ1) is 8.58. The number of amides is 1. The first kappa shape index (κ1) is 12.5. The van der Waals surface area contributed by atoms with E-state index in [0.29, 0.717) is 6.54 Å². The molecule has 0 radical (unpaired) electrons. The van der Waals surface area contributed by atoms with Crippen molar-refractivity contribution in [1.82, 2.24) is 9.88 Å². The van der Waals surface area contributed by atoms with Crippen molar-refractivity contribution in [1.29, 1.82) is 0 Å². The van der Waals surface area contributed by atoms with E-state index in [1.807, 2.05) is 5.38 Å². The van der Waals surface area contributed by atoms with Gasteiger partial charge in [-0.25, -0.2) is 9.78 Å². The molecule has 1 amide bonds. The number of hydrogen-bond acceptors (Lipinski definition) is 6. The lowest BCUT2D eigenvalue weighted by Gasteiger charge is -2.18. The summed E-state index contributed by atoms with van der Waals surface area (Å²) in [7, 11) is 1.61. The van der Waals surface area contributed by atoms with Crippen LogP contribution in [-0.4, -0.2) is 45.7 Å². The third-order valence-electron chi connectivity index (χ3n) is 2.45. The van der Waals surface area contributed by atoms with Crippen LogP contribution in [0.1, 0.15) is 12.1 Å². The fourth-order valence-electron chi connectivity index (χ4n) is 1.52. The van der Waals surface area contributed by atoms with Gasteiger partial charge in [-0.15, -0.1) is 11.3 Å². The number of carboxylic acids is 1. The summed E-state index contributed by atoms with van der Waals surface area (Å²) in [5, 5.41) is 13.9. The summed E-state index contributed by atoms with van der Waals surface area (Å²) in [5.41, 5.74) is 2.34. The molecule has 1 N–H and O–H groups in total. The number of carbonyl (C=O) groups excluding carboxylic acids is 1. The standard InChI is InChI=1S/C10H11N3O4S/c1-13(3-6-4-18-5-11-6)9(14)8-2-7(10(15)16)12-17-8/h4-5,8H,2-3H2,1H3,(H,15,16). The lowest BCUT2D eigenvalue weighted by Crippen LogP contribution is -2.36. The second kappa shape index (κ2) is 5.13. The van der Waals surface area contributed by atoms with Gasteiger partial charge >= 0.3 is 5.97 Å². The van der Waals surface area contributed by atoms with Crippen molar-refractivity contribution in [2.45, 2.75) is 19.1 Å². The molecule has 0 aliphatic carbocycles. The Hall–Kier alpha value is -1.96. The van der Waals surface area contributed by atoms with Crippen molar-refractivity contribution in [3.05, 3.63) is 16.6 Å². The fraction of sp³-hybridized carbons (Fsp3) is 0.400. The third-order valence-corrected chi connectivity index (χ3v) is 3.09. The van der Waals surface area contributed by atoms with E-state index in [-0.39, 0.29) is 18.0 Å². The van der Waals surface area contributed by atoms with Crippen molar-refractivity contribution in [3.8, 4) is 0 Å². The summed E-state index contributed by atoms with van der Waals surface area (Å²) in [6, 6.07) is 0. The van der Waals surface area contributed by atoms with Gasteiger partial charge in [-0.05, 0) is 0 Å². The van der Waals surface area contributed by atoms with Gasteiger partial charge in [0.1, 0.15) is 0 Å². The van der Waals surface area contributed by atoms with E-state index in [2.05, 4.69) is 10.1 Å². The lowest BCUT2D eigenvalue weighted by molar-refractivity contribution is -0.141. The third kappa shape index (κ3) is 2.65. The molecule has 8 heteroatoms. The van der Waals surface area contributed by atoms with Crippen LogP contribution in [0.2, 0.25) is 0 Å². The Morgan fingerprint density at radius 2 is 2.44 bits per heavy atom. The Morgan fingerprint density at radius 1 is 1.67 bits per heavy atom. The minimum Gasteiger partial charge on any atom is -0.477 e. The Bertz CT molecular complexity index is 485. The monoisotopic (exact) mass is 269 g/mol. The van der Waals surface area contributed by atoms with E-state index in [9.17, 15) is 9.59 Å². The van der Waals surface area contributed by atoms with Crippen LogP contribution in [0.5, 0.6) is 0 Å². The predicted molar refractivity (Wildman–Crippen MR) is 63.1 cm³/mol. The number of nitrogens with zero attached hydrogens (tertiary/aromatic N) is 3. The van der Waals surface area contributed by atoms with Gasteiger partial charge in [0.2, 0.25) is 6.10 Å². The highest BCUT2D eigenvalue weighted by atomic mass is 32.1. The number of oxime groups is 1. The highest BCUT2D eigenvalue weighted by molar-refractivity contribution is 7.07.